The normalized spacial score (nSPS) is 12.2. The highest BCUT2D eigenvalue weighted by molar-refractivity contribution is 7.09. The number of alkyl halides is 3. The Morgan fingerprint density at radius 3 is 2.50 bits per heavy atom. The average Bonchev–Trinajstić information content (AvgIpc) is 3.34. The van der Waals surface area contributed by atoms with Crippen molar-refractivity contribution in [2.75, 3.05) is 6.54 Å². The maximum absolute atomic E-state index is 12.7. The second-order valence-corrected chi connectivity index (χ2v) is 7.72. The molecular weight excluding hydrogens is 413 g/mol. The minimum absolute atomic E-state index is 0.254. The summed E-state index contributed by atoms with van der Waals surface area (Å²) in [5.74, 6) is 2.13. The number of guanidine groups is 1. The first kappa shape index (κ1) is 21.8. The molecule has 0 amide bonds. The molecule has 0 atom stereocenters. The quantitative estimate of drug-likeness (QED) is 0.438. The molecule has 160 valence electrons. The molecule has 3 aromatic rings. The van der Waals surface area contributed by atoms with Gasteiger partial charge in [0.25, 0.3) is 0 Å². The molecule has 30 heavy (non-hydrogen) atoms. The molecule has 0 unspecified atom stereocenters. The Balaban J connectivity index is 1.64. The van der Waals surface area contributed by atoms with Crippen molar-refractivity contribution in [1.29, 1.82) is 0 Å². The fourth-order valence-corrected chi connectivity index (χ4v) is 3.38. The Bertz CT molecular complexity index is 962. The van der Waals surface area contributed by atoms with Gasteiger partial charge in [0.2, 0.25) is 0 Å². The lowest BCUT2D eigenvalue weighted by atomic mass is 10.1. The van der Waals surface area contributed by atoms with E-state index >= 15 is 0 Å². The van der Waals surface area contributed by atoms with E-state index in [-0.39, 0.29) is 6.54 Å². The lowest BCUT2D eigenvalue weighted by Crippen LogP contribution is -2.38. The molecule has 0 aliphatic rings. The van der Waals surface area contributed by atoms with Gasteiger partial charge in [0.15, 0.2) is 11.8 Å². The van der Waals surface area contributed by atoms with E-state index < -0.39 is 11.7 Å². The Kier molecular flexibility index (Phi) is 7.09. The third-order valence-corrected chi connectivity index (χ3v) is 5.48. The third kappa shape index (κ3) is 6.06. The standard InChI is InChI=1S/C20H23F3N6S/c1-14-27-28-18(29(14)2)13-26-19(24-10-9-17-4-3-11-30-17)25-12-15-5-7-16(8-6-15)20(21,22)23/h3-8,11H,9-10,12-13H2,1-2H3,(H2,24,25,26). The van der Waals surface area contributed by atoms with Crippen LogP contribution >= 0.6 is 11.3 Å². The van der Waals surface area contributed by atoms with Crippen molar-refractivity contribution in [2.45, 2.75) is 32.6 Å². The van der Waals surface area contributed by atoms with Crippen molar-refractivity contribution >= 4 is 17.3 Å². The van der Waals surface area contributed by atoms with Gasteiger partial charge in [0.05, 0.1) is 18.7 Å². The van der Waals surface area contributed by atoms with E-state index in [1.807, 2.05) is 30.0 Å². The van der Waals surface area contributed by atoms with E-state index in [1.54, 1.807) is 11.3 Å². The highest BCUT2D eigenvalue weighted by Gasteiger charge is 2.29. The second-order valence-electron chi connectivity index (χ2n) is 6.69. The Morgan fingerprint density at radius 1 is 1.13 bits per heavy atom. The predicted octanol–water partition coefficient (Wildman–Crippen LogP) is 3.68. The van der Waals surface area contributed by atoms with E-state index in [0.29, 0.717) is 24.6 Å². The average molecular weight is 437 g/mol. The van der Waals surface area contributed by atoms with Crippen LogP contribution in [0.25, 0.3) is 0 Å². The molecule has 0 aliphatic heterocycles. The number of halogens is 3. The molecule has 0 saturated heterocycles. The molecule has 2 heterocycles. The molecule has 2 aromatic heterocycles. The largest absolute Gasteiger partial charge is 0.416 e. The summed E-state index contributed by atoms with van der Waals surface area (Å²) in [6, 6.07) is 9.12. The van der Waals surface area contributed by atoms with Crippen LogP contribution in [0.3, 0.4) is 0 Å². The summed E-state index contributed by atoms with van der Waals surface area (Å²) < 4.78 is 40.1. The zero-order chi connectivity index (χ0) is 21.6. The van der Waals surface area contributed by atoms with Crippen molar-refractivity contribution in [2.24, 2.45) is 12.0 Å². The Hall–Kier alpha value is -2.88. The summed E-state index contributed by atoms with van der Waals surface area (Å²) in [5.41, 5.74) is 0.0252. The third-order valence-electron chi connectivity index (χ3n) is 4.54. The first-order chi connectivity index (χ1) is 14.3. The predicted molar refractivity (Wildman–Crippen MR) is 111 cm³/mol. The highest BCUT2D eigenvalue weighted by Crippen LogP contribution is 2.29. The van der Waals surface area contributed by atoms with E-state index in [4.69, 9.17) is 0 Å². The van der Waals surface area contributed by atoms with Crippen LogP contribution in [0.5, 0.6) is 0 Å². The summed E-state index contributed by atoms with van der Waals surface area (Å²) in [6.45, 7) is 3.23. The number of aliphatic imine (C=N–C) groups is 1. The van der Waals surface area contributed by atoms with Gasteiger partial charge < -0.3 is 15.2 Å². The van der Waals surface area contributed by atoms with Crippen LogP contribution in [-0.4, -0.2) is 27.3 Å². The van der Waals surface area contributed by atoms with Gasteiger partial charge >= 0.3 is 6.18 Å². The van der Waals surface area contributed by atoms with Gasteiger partial charge in [0, 0.05) is 18.5 Å². The summed E-state index contributed by atoms with van der Waals surface area (Å²) in [7, 11) is 1.88. The fraction of sp³-hybridized carbons (Fsp3) is 0.350. The summed E-state index contributed by atoms with van der Waals surface area (Å²) in [5, 5.41) is 16.7. The summed E-state index contributed by atoms with van der Waals surface area (Å²) >= 11 is 1.69. The number of nitrogens with zero attached hydrogens (tertiary/aromatic N) is 4. The monoisotopic (exact) mass is 436 g/mol. The molecule has 2 N–H and O–H groups in total. The number of thiophene rings is 1. The zero-order valence-electron chi connectivity index (χ0n) is 16.7. The Morgan fingerprint density at radius 2 is 1.90 bits per heavy atom. The number of rotatable bonds is 7. The van der Waals surface area contributed by atoms with E-state index in [9.17, 15) is 13.2 Å². The summed E-state index contributed by atoms with van der Waals surface area (Å²) in [4.78, 5) is 5.77. The zero-order valence-corrected chi connectivity index (χ0v) is 17.5. The van der Waals surface area contributed by atoms with Crippen LogP contribution in [-0.2, 0) is 32.7 Å². The van der Waals surface area contributed by atoms with Gasteiger partial charge in [-0.2, -0.15) is 13.2 Å². The lowest BCUT2D eigenvalue weighted by Gasteiger charge is -2.12. The van der Waals surface area contributed by atoms with Gasteiger partial charge in [-0.3, -0.25) is 0 Å². The molecule has 3 rings (SSSR count). The van der Waals surface area contributed by atoms with Crippen LogP contribution in [0.15, 0.2) is 46.8 Å². The van der Waals surface area contributed by atoms with Gasteiger partial charge in [-0.05, 0) is 42.5 Å². The van der Waals surface area contributed by atoms with Crippen molar-refractivity contribution in [3.05, 3.63) is 69.4 Å². The lowest BCUT2D eigenvalue weighted by molar-refractivity contribution is -0.137. The number of hydrogen-bond acceptors (Lipinski definition) is 4. The fourth-order valence-electron chi connectivity index (χ4n) is 2.67. The number of benzene rings is 1. The maximum atomic E-state index is 12.7. The maximum Gasteiger partial charge on any atom is 0.416 e. The molecule has 0 radical (unpaired) electrons. The first-order valence-electron chi connectivity index (χ1n) is 9.38. The number of nitrogens with one attached hydrogen (secondary N) is 2. The molecule has 0 saturated carbocycles. The van der Waals surface area contributed by atoms with Crippen LogP contribution in [0, 0.1) is 6.92 Å². The molecule has 0 aliphatic carbocycles. The molecule has 1 aromatic carbocycles. The Labute approximate surface area is 176 Å². The molecule has 0 fully saturated rings. The number of hydrogen-bond donors (Lipinski definition) is 2. The van der Waals surface area contributed by atoms with Gasteiger partial charge in [-0.25, -0.2) is 4.99 Å². The summed E-state index contributed by atoms with van der Waals surface area (Å²) in [6.07, 6.45) is -3.49. The minimum Gasteiger partial charge on any atom is -0.356 e. The molecule has 0 spiro atoms. The molecule has 6 nitrogen and oxygen atoms in total. The van der Waals surface area contributed by atoms with Crippen LogP contribution in [0.1, 0.15) is 27.7 Å². The van der Waals surface area contributed by atoms with Gasteiger partial charge in [-0.15, -0.1) is 21.5 Å². The van der Waals surface area contributed by atoms with Gasteiger partial charge in [0.1, 0.15) is 5.82 Å². The second kappa shape index (κ2) is 9.75. The highest BCUT2D eigenvalue weighted by atomic mass is 32.1. The number of aromatic nitrogens is 3. The molecule has 0 bridgehead atoms. The SMILES string of the molecule is Cc1nnc(CNC(=NCc2ccc(C(F)(F)F)cc2)NCCc2cccs2)n1C. The molecule has 10 heteroatoms. The van der Waals surface area contributed by atoms with Crippen LogP contribution in [0.4, 0.5) is 13.2 Å². The van der Waals surface area contributed by atoms with Crippen molar-refractivity contribution in [3.63, 3.8) is 0 Å². The van der Waals surface area contributed by atoms with Crippen molar-refractivity contribution in [1.82, 2.24) is 25.4 Å². The van der Waals surface area contributed by atoms with Crippen LogP contribution in [0.2, 0.25) is 0 Å². The number of aryl methyl sites for hydroxylation is 1. The molecular formula is C20H23F3N6S. The smallest absolute Gasteiger partial charge is 0.356 e. The topological polar surface area (TPSA) is 67.1 Å². The van der Waals surface area contributed by atoms with Crippen molar-refractivity contribution in [3.8, 4) is 0 Å². The first-order valence-corrected chi connectivity index (χ1v) is 10.3. The van der Waals surface area contributed by atoms with Crippen LogP contribution < -0.4 is 10.6 Å². The van der Waals surface area contributed by atoms with Crippen molar-refractivity contribution < 1.29 is 13.2 Å². The van der Waals surface area contributed by atoms with E-state index in [2.05, 4.69) is 31.9 Å². The van der Waals surface area contributed by atoms with E-state index in [1.165, 1.54) is 17.0 Å². The van der Waals surface area contributed by atoms with E-state index in [0.717, 1.165) is 30.2 Å². The van der Waals surface area contributed by atoms with Gasteiger partial charge in [-0.1, -0.05) is 18.2 Å². The minimum atomic E-state index is -4.34.